The van der Waals surface area contributed by atoms with E-state index in [0.29, 0.717) is 4.90 Å². The van der Waals surface area contributed by atoms with Gasteiger partial charge in [0.1, 0.15) is 6.73 Å². The van der Waals surface area contributed by atoms with E-state index in [1.165, 1.54) is 13.4 Å². The van der Waals surface area contributed by atoms with Crippen LogP contribution in [0.3, 0.4) is 0 Å². The Morgan fingerprint density at radius 1 is 1.39 bits per heavy atom. The predicted octanol–water partition coefficient (Wildman–Crippen LogP) is -0.988. The topological polar surface area (TPSA) is 102 Å². The summed E-state index contributed by atoms with van der Waals surface area (Å²) in [5.74, 6) is -1.66. The van der Waals surface area contributed by atoms with Crippen LogP contribution in [0.25, 0.3) is 11.2 Å². The van der Waals surface area contributed by atoms with Gasteiger partial charge >= 0.3 is 5.69 Å². The Balaban J connectivity index is 2.83. The van der Waals surface area contributed by atoms with Gasteiger partial charge in [-0.05, 0) is 12.7 Å². The van der Waals surface area contributed by atoms with Crippen LogP contribution in [-0.2, 0) is 25.4 Å². The largest absolute Gasteiger partial charge is 0.376 e. The van der Waals surface area contributed by atoms with E-state index in [0.717, 1.165) is 23.2 Å². The number of nitrogens with zero attached hydrogens (tertiary/aromatic N) is 5. The first-order chi connectivity index (χ1) is 13.9. The minimum Gasteiger partial charge on any atom is -0.376 e. The lowest BCUT2D eigenvalue weighted by Gasteiger charge is -2.13. The lowest BCUT2D eigenvalue weighted by molar-refractivity contribution is -0.133. The van der Waals surface area contributed by atoms with Gasteiger partial charge in [-0.3, -0.25) is 18.7 Å². The molecule has 0 atom stereocenters. The summed E-state index contributed by atoms with van der Waals surface area (Å²) in [5, 5.41) is 9.03. The van der Waals surface area contributed by atoms with Crippen molar-refractivity contribution >= 4 is 17.1 Å². The lowest BCUT2D eigenvalue weighted by atomic mass is 10.2. The van der Waals surface area contributed by atoms with Crippen molar-refractivity contribution in [3.05, 3.63) is 27.2 Å². The maximum Gasteiger partial charge on any atom is 0.332 e. The number of amides is 1. The number of aromatic nitrogens is 4. The number of fused-ring (bicyclic) bond motifs is 1. The predicted molar refractivity (Wildman–Crippen MR) is 83.9 cm³/mol. The average molecular weight is 331 g/mol. The molecule has 0 aliphatic rings. The van der Waals surface area contributed by atoms with Crippen molar-refractivity contribution in [1.29, 1.82) is 0 Å². The molecule has 2 heterocycles. The third kappa shape index (κ3) is 3.19. The molecule has 0 bridgehead atoms. The normalized spacial score (nSPS) is 18.8. The van der Waals surface area contributed by atoms with Gasteiger partial charge in [0.25, 0.3) is 5.56 Å². The maximum atomic E-state index is 12.9. The molecule has 0 fully saturated rings. The van der Waals surface area contributed by atoms with Gasteiger partial charge < -0.3 is 14.6 Å². The van der Waals surface area contributed by atoms with E-state index >= 15 is 0 Å². The second kappa shape index (κ2) is 6.78. The zero-order valence-corrected chi connectivity index (χ0v) is 12.7. The minimum absolute atomic E-state index is 0.122. The second-order valence-electron chi connectivity index (χ2n) is 4.64. The number of hydrogen-bond acceptors (Lipinski definition) is 5. The standard InChI is InChI=1S/C14H21N5O4/c1-16-8-15-12-11(16)13(22)19(14(23)18(12)3)7-5-4-6-10(21)17(2)9-20/h8,20H,4-7,9H2,1-3H3/i4D2,5D2,6D2,7D2. The van der Waals surface area contributed by atoms with E-state index in [4.69, 9.17) is 16.1 Å². The van der Waals surface area contributed by atoms with Crippen molar-refractivity contribution in [2.45, 2.75) is 25.6 Å². The third-order valence-electron chi connectivity index (χ3n) is 3.08. The Bertz CT molecular complexity index is 1150. The van der Waals surface area contributed by atoms with E-state index in [1.54, 1.807) is 0 Å². The summed E-state index contributed by atoms with van der Waals surface area (Å²) >= 11 is 0. The fourth-order valence-corrected chi connectivity index (χ4v) is 1.77. The maximum absolute atomic E-state index is 12.9. The SMILES string of the molecule is [2H]C([2H])(C(=O)N(C)CO)C([2H])([2H])C([2H])([2H])C([2H])([2H])n1c(=O)c2c(ncn2C)n(C)c1=O. The van der Waals surface area contributed by atoms with Crippen molar-refractivity contribution in [3.63, 3.8) is 0 Å². The van der Waals surface area contributed by atoms with Crippen molar-refractivity contribution in [2.75, 3.05) is 13.8 Å². The zero-order chi connectivity index (χ0) is 24.3. The molecule has 0 unspecified atom stereocenters. The molecule has 2 rings (SSSR count). The van der Waals surface area contributed by atoms with Crippen molar-refractivity contribution in [2.24, 2.45) is 14.1 Å². The second-order valence-corrected chi connectivity index (χ2v) is 4.64. The average Bonchev–Trinajstić information content (AvgIpc) is 3.06. The molecule has 0 radical (unpaired) electrons. The highest BCUT2D eigenvalue weighted by Gasteiger charge is 2.14. The highest BCUT2D eigenvalue weighted by Crippen LogP contribution is 2.04. The van der Waals surface area contributed by atoms with Crippen LogP contribution >= 0.6 is 0 Å². The number of rotatable bonds is 6. The summed E-state index contributed by atoms with van der Waals surface area (Å²) in [5.41, 5.74) is -3.08. The van der Waals surface area contributed by atoms with Crippen LogP contribution in [-0.4, -0.2) is 48.4 Å². The van der Waals surface area contributed by atoms with Crippen LogP contribution in [0.4, 0.5) is 0 Å². The fraction of sp³-hybridized carbons (Fsp3) is 0.571. The summed E-state index contributed by atoms with van der Waals surface area (Å²) in [4.78, 5) is 42.1. The van der Waals surface area contributed by atoms with Crippen LogP contribution in [0.2, 0.25) is 0 Å². The van der Waals surface area contributed by atoms with Gasteiger partial charge in [-0.15, -0.1) is 0 Å². The van der Waals surface area contributed by atoms with Crippen LogP contribution < -0.4 is 11.2 Å². The highest BCUT2D eigenvalue weighted by atomic mass is 16.3. The number of carbonyl (C=O) groups excluding carboxylic acids is 1. The molecule has 126 valence electrons. The fourth-order valence-electron chi connectivity index (χ4n) is 1.77. The smallest absolute Gasteiger partial charge is 0.332 e. The molecule has 0 aromatic carbocycles. The van der Waals surface area contributed by atoms with E-state index in [-0.39, 0.29) is 15.7 Å². The molecule has 9 heteroatoms. The minimum atomic E-state index is -3.93. The molecule has 0 aliphatic carbocycles. The third-order valence-corrected chi connectivity index (χ3v) is 3.08. The first-order valence-electron chi connectivity index (χ1n) is 10.4. The molecule has 0 saturated carbocycles. The molecule has 9 nitrogen and oxygen atoms in total. The van der Waals surface area contributed by atoms with Gasteiger partial charge in [-0.1, -0.05) is 0 Å². The number of aliphatic hydroxyl groups excluding tert-OH is 1. The van der Waals surface area contributed by atoms with Crippen LogP contribution in [0, 0.1) is 0 Å². The molecule has 0 saturated heterocycles. The van der Waals surface area contributed by atoms with Crippen molar-refractivity contribution < 1.29 is 20.9 Å². The Labute approximate surface area is 143 Å². The number of aryl methyl sites for hydroxylation is 2. The summed E-state index contributed by atoms with van der Waals surface area (Å²) in [6, 6.07) is 0. The van der Waals surface area contributed by atoms with Crippen molar-refractivity contribution in [3.8, 4) is 0 Å². The van der Waals surface area contributed by atoms with E-state index < -0.39 is 49.5 Å². The van der Waals surface area contributed by atoms with Crippen LogP contribution in [0.15, 0.2) is 15.9 Å². The monoisotopic (exact) mass is 331 g/mol. The van der Waals surface area contributed by atoms with Gasteiger partial charge in [0.15, 0.2) is 11.2 Å². The number of aliphatic hydroxyl groups is 1. The van der Waals surface area contributed by atoms with E-state index in [2.05, 4.69) is 4.98 Å². The quantitative estimate of drug-likeness (QED) is 0.685. The summed E-state index contributed by atoms with van der Waals surface area (Å²) in [6.07, 6.45) is -10.4. The molecule has 0 aliphatic heterocycles. The first kappa shape index (κ1) is 9.02. The van der Waals surface area contributed by atoms with Gasteiger partial charge in [-0.25, -0.2) is 9.78 Å². The molecule has 1 N–H and O–H groups in total. The van der Waals surface area contributed by atoms with Crippen LogP contribution in [0.1, 0.15) is 30.1 Å². The molecular formula is C14H21N5O4. The van der Waals surface area contributed by atoms with Gasteiger partial charge in [0, 0.05) is 42.2 Å². The molecule has 1 amide bonds. The van der Waals surface area contributed by atoms with E-state index in [1.807, 2.05) is 0 Å². The highest BCUT2D eigenvalue weighted by molar-refractivity contribution is 5.75. The Morgan fingerprint density at radius 2 is 2.09 bits per heavy atom. The molecule has 23 heavy (non-hydrogen) atoms. The Kier molecular flexibility index (Phi) is 2.66. The van der Waals surface area contributed by atoms with Gasteiger partial charge in [0.05, 0.1) is 9.07 Å². The zero-order valence-electron chi connectivity index (χ0n) is 20.7. The molecule has 0 spiro atoms. The number of hydrogen-bond donors (Lipinski definition) is 1. The number of carbonyl (C=O) groups is 1. The molecular weight excluding hydrogens is 302 g/mol. The van der Waals surface area contributed by atoms with Gasteiger partial charge in [0.2, 0.25) is 5.91 Å². The molecule has 2 aromatic heterocycles. The van der Waals surface area contributed by atoms with E-state index in [9.17, 15) is 14.4 Å². The molecule has 2 aromatic rings. The van der Waals surface area contributed by atoms with Crippen LogP contribution in [0.5, 0.6) is 0 Å². The van der Waals surface area contributed by atoms with Crippen molar-refractivity contribution in [1.82, 2.24) is 23.6 Å². The first-order valence-corrected chi connectivity index (χ1v) is 6.39. The Hall–Kier alpha value is -2.42. The summed E-state index contributed by atoms with van der Waals surface area (Å²) < 4.78 is 66.1. The van der Waals surface area contributed by atoms with Gasteiger partial charge in [-0.2, -0.15) is 0 Å². The lowest BCUT2D eigenvalue weighted by Crippen LogP contribution is -2.39. The summed E-state index contributed by atoms with van der Waals surface area (Å²) in [7, 11) is 3.45. The Morgan fingerprint density at radius 3 is 2.74 bits per heavy atom. The summed E-state index contributed by atoms with van der Waals surface area (Å²) in [6.45, 7) is -4.77. The number of imidazole rings is 1.